The molecule has 1 saturated heterocycles. The Morgan fingerprint density at radius 1 is 1.03 bits per heavy atom. The highest BCUT2D eigenvalue weighted by molar-refractivity contribution is 6.30. The molecule has 3 aromatic carbocycles. The zero-order valence-electron chi connectivity index (χ0n) is 20.4. The number of nitrogens with zero attached hydrogens (tertiary/aromatic N) is 2. The number of halogens is 1. The van der Waals surface area contributed by atoms with Gasteiger partial charge in [-0.15, -0.1) is 0 Å². The average molecular weight is 501 g/mol. The third-order valence-electron chi connectivity index (χ3n) is 6.53. The van der Waals surface area contributed by atoms with E-state index in [1.165, 1.54) is 0 Å². The number of benzene rings is 3. The lowest BCUT2D eigenvalue weighted by atomic mass is 9.94. The summed E-state index contributed by atoms with van der Waals surface area (Å²) in [6, 6.07) is 19.0. The van der Waals surface area contributed by atoms with E-state index in [-0.39, 0.29) is 11.7 Å². The largest absolute Gasteiger partial charge is 0.508 e. The number of hydrogen-bond acceptors (Lipinski definition) is 4. The van der Waals surface area contributed by atoms with Gasteiger partial charge in [0.05, 0.1) is 0 Å². The molecular weight excluding hydrogens is 472 g/mol. The van der Waals surface area contributed by atoms with Crippen LogP contribution in [0.4, 0.5) is 5.69 Å². The first-order valence-electron chi connectivity index (χ1n) is 12.1. The highest BCUT2D eigenvalue weighted by Crippen LogP contribution is 2.41. The lowest BCUT2D eigenvalue weighted by Crippen LogP contribution is -2.48. The standard InChI is InChI=1S/C30H29ClN2O3/c1-30(2)13-12-23-18-21(19-27(29(23)36-30)22-4-3-5-24(31)20-22)6-11-28(35)33-16-14-32(15-17-33)25-7-9-26(34)10-8-25/h3-13,18-20,34H,14-17H2,1-2H3/b11-6+. The van der Waals surface area contributed by atoms with Gasteiger partial charge in [0.25, 0.3) is 0 Å². The third-order valence-corrected chi connectivity index (χ3v) is 6.76. The molecule has 0 atom stereocenters. The van der Waals surface area contributed by atoms with Crippen molar-refractivity contribution in [2.24, 2.45) is 0 Å². The fraction of sp³-hybridized carbons (Fsp3) is 0.233. The van der Waals surface area contributed by atoms with E-state index in [1.807, 2.05) is 79.4 Å². The number of anilines is 1. The quantitative estimate of drug-likeness (QED) is 0.430. The van der Waals surface area contributed by atoms with E-state index in [0.717, 1.165) is 46.8 Å². The number of hydrogen-bond donors (Lipinski definition) is 1. The SMILES string of the molecule is CC1(C)C=Cc2cc(/C=C/C(=O)N3CCN(c4ccc(O)cc4)CC3)cc(-c3cccc(Cl)c3)c2O1. The van der Waals surface area contributed by atoms with E-state index in [1.54, 1.807) is 18.2 Å². The Hall–Kier alpha value is -3.70. The van der Waals surface area contributed by atoms with Crippen LogP contribution in [0.2, 0.25) is 5.02 Å². The first-order chi connectivity index (χ1) is 17.3. The second-order valence-corrected chi connectivity index (χ2v) is 10.1. The molecular formula is C30H29ClN2O3. The first kappa shape index (κ1) is 24.0. The number of carbonyl (C=O) groups excluding carboxylic acids is 1. The number of aromatic hydroxyl groups is 1. The van der Waals surface area contributed by atoms with Gasteiger partial charge >= 0.3 is 0 Å². The Labute approximate surface area is 216 Å². The number of carbonyl (C=O) groups is 1. The van der Waals surface area contributed by atoms with E-state index in [9.17, 15) is 9.90 Å². The fourth-order valence-electron chi connectivity index (χ4n) is 4.59. The minimum Gasteiger partial charge on any atom is -0.508 e. The van der Waals surface area contributed by atoms with Crippen molar-refractivity contribution in [1.82, 2.24) is 4.90 Å². The Morgan fingerprint density at radius 2 is 1.78 bits per heavy atom. The molecule has 3 aromatic rings. The molecule has 0 radical (unpaired) electrons. The number of phenols is 1. The summed E-state index contributed by atoms with van der Waals surface area (Å²) in [5.74, 6) is 1.07. The van der Waals surface area contributed by atoms with Gasteiger partial charge in [-0.25, -0.2) is 0 Å². The summed E-state index contributed by atoms with van der Waals surface area (Å²) in [6.45, 7) is 6.85. The molecule has 0 unspecified atom stereocenters. The van der Waals surface area contributed by atoms with E-state index in [2.05, 4.69) is 11.0 Å². The van der Waals surface area contributed by atoms with Gasteiger partial charge in [-0.05, 0) is 85.7 Å². The van der Waals surface area contributed by atoms with E-state index < -0.39 is 5.60 Å². The van der Waals surface area contributed by atoms with Crippen LogP contribution in [0.15, 0.2) is 72.8 Å². The van der Waals surface area contributed by atoms with Gasteiger partial charge in [-0.1, -0.05) is 29.8 Å². The summed E-state index contributed by atoms with van der Waals surface area (Å²) in [7, 11) is 0. The number of amides is 1. The van der Waals surface area contributed by atoms with Gasteiger partial charge in [0.2, 0.25) is 5.91 Å². The van der Waals surface area contributed by atoms with Crippen LogP contribution in [0.1, 0.15) is 25.0 Å². The van der Waals surface area contributed by atoms with Crippen LogP contribution in [0.25, 0.3) is 23.3 Å². The molecule has 6 heteroatoms. The van der Waals surface area contributed by atoms with Crippen molar-refractivity contribution in [1.29, 1.82) is 0 Å². The lowest BCUT2D eigenvalue weighted by Gasteiger charge is -2.35. The monoisotopic (exact) mass is 500 g/mol. The fourth-order valence-corrected chi connectivity index (χ4v) is 4.78. The zero-order valence-corrected chi connectivity index (χ0v) is 21.2. The number of phenolic OH excluding ortho intramolecular Hbond substituents is 1. The Morgan fingerprint density at radius 3 is 2.50 bits per heavy atom. The van der Waals surface area contributed by atoms with Crippen LogP contribution < -0.4 is 9.64 Å². The van der Waals surface area contributed by atoms with Crippen LogP contribution in [-0.4, -0.2) is 47.7 Å². The molecule has 0 spiro atoms. The second-order valence-electron chi connectivity index (χ2n) is 9.70. The minimum atomic E-state index is -0.407. The van der Waals surface area contributed by atoms with Gasteiger partial charge < -0.3 is 19.6 Å². The average Bonchev–Trinajstić information content (AvgIpc) is 2.87. The van der Waals surface area contributed by atoms with Crippen LogP contribution in [0, 0.1) is 0 Å². The molecule has 0 aliphatic carbocycles. The molecule has 1 fully saturated rings. The molecule has 0 aromatic heterocycles. The van der Waals surface area contributed by atoms with Gasteiger partial charge in [0, 0.05) is 54.1 Å². The molecule has 2 aliphatic heterocycles. The molecule has 2 aliphatic rings. The summed E-state index contributed by atoms with van der Waals surface area (Å²) in [6.07, 6.45) is 7.64. The smallest absolute Gasteiger partial charge is 0.246 e. The summed E-state index contributed by atoms with van der Waals surface area (Å²) in [5.41, 5.74) is 4.46. The third kappa shape index (κ3) is 5.26. The van der Waals surface area contributed by atoms with Gasteiger partial charge in [0.15, 0.2) is 0 Å². The summed E-state index contributed by atoms with van der Waals surface area (Å²) in [4.78, 5) is 17.1. The van der Waals surface area contributed by atoms with Crippen molar-refractivity contribution in [3.63, 3.8) is 0 Å². The summed E-state index contributed by atoms with van der Waals surface area (Å²) in [5, 5.41) is 10.2. The van der Waals surface area contributed by atoms with Crippen molar-refractivity contribution < 1.29 is 14.6 Å². The molecule has 1 N–H and O–H groups in total. The maximum Gasteiger partial charge on any atom is 0.246 e. The maximum atomic E-state index is 13.0. The summed E-state index contributed by atoms with van der Waals surface area (Å²) < 4.78 is 6.33. The zero-order chi connectivity index (χ0) is 25.3. The molecule has 2 heterocycles. The van der Waals surface area contributed by atoms with Crippen LogP contribution in [-0.2, 0) is 4.79 Å². The van der Waals surface area contributed by atoms with Crippen molar-refractivity contribution >= 4 is 35.3 Å². The van der Waals surface area contributed by atoms with Gasteiger partial charge in [-0.2, -0.15) is 0 Å². The Bertz CT molecular complexity index is 1340. The lowest BCUT2D eigenvalue weighted by molar-refractivity contribution is -0.126. The number of rotatable bonds is 4. The van der Waals surface area contributed by atoms with Crippen LogP contribution in [0.5, 0.6) is 11.5 Å². The molecule has 5 rings (SSSR count). The molecule has 184 valence electrons. The van der Waals surface area contributed by atoms with Crippen LogP contribution in [0.3, 0.4) is 0 Å². The van der Waals surface area contributed by atoms with E-state index in [4.69, 9.17) is 16.3 Å². The van der Waals surface area contributed by atoms with Crippen molar-refractivity contribution in [2.45, 2.75) is 19.4 Å². The first-order valence-corrected chi connectivity index (χ1v) is 12.5. The molecule has 0 saturated carbocycles. The molecule has 1 amide bonds. The van der Waals surface area contributed by atoms with Crippen molar-refractivity contribution in [3.8, 4) is 22.6 Å². The number of fused-ring (bicyclic) bond motifs is 1. The maximum absolute atomic E-state index is 13.0. The Kier molecular flexibility index (Phi) is 6.50. The summed E-state index contributed by atoms with van der Waals surface area (Å²) >= 11 is 6.29. The second kappa shape index (κ2) is 9.75. The highest BCUT2D eigenvalue weighted by atomic mass is 35.5. The number of piperazine rings is 1. The van der Waals surface area contributed by atoms with Crippen LogP contribution >= 0.6 is 11.6 Å². The van der Waals surface area contributed by atoms with E-state index in [0.29, 0.717) is 18.1 Å². The number of ether oxygens (including phenoxy) is 1. The Balaban J connectivity index is 1.34. The van der Waals surface area contributed by atoms with Crippen molar-refractivity contribution in [3.05, 3.63) is 89.0 Å². The predicted octanol–water partition coefficient (Wildman–Crippen LogP) is 6.26. The molecule has 0 bridgehead atoms. The minimum absolute atomic E-state index is 0.00434. The van der Waals surface area contributed by atoms with Gasteiger partial charge in [-0.3, -0.25) is 4.79 Å². The van der Waals surface area contributed by atoms with Gasteiger partial charge in [0.1, 0.15) is 17.1 Å². The normalized spacial score (nSPS) is 16.6. The molecule has 5 nitrogen and oxygen atoms in total. The topological polar surface area (TPSA) is 53.0 Å². The predicted molar refractivity (Wildman–Crippen MR) is 147 cm³/mol. The highest BCUT2D eigenvalue weighted by Gasteiger charge is 2.25. The van der Waals surface area contributed by atoms with Crippen molar-refractivity contribution in [2.75, 3.05) is 31.1 Å². The van der Waals surface area contributed by atoms with E-state index >= 15 is 0 Å². The molecule has 36 heavy (non-hydrogen) atoms.